The van der Waals surface area contributed by atoms with E-state index in [0.29, 0.717) is 23.7 Å². The highest BCUT2D eigenvalue weighted by molar-refractivity contribution is 14.1. The first-order valence-electron chi connectivity index (χ1n) is 12.1. The number of aromatic nitrogens is 1. The van der Waals surface area contributed by atoms with Gasteiger partial charge in [0.15, 0.2) is 5.58 Å². The summed E-state index contributed by atoms with van der Waals surface area (Å²) < 4.78 is 38.5. The van der Waals surface area contributed by atoms with Gasteiger partial charge in [0.25, 0.3) is 6.01 Å². The molecule has 200 valence electrons. The molecule has 1 saturated heterocycles. The van der Waals surface area contributed by atoms with Crippen molar-refractivity contribution in [3.8, 4) is 5.75 Å². The number of anilines is 2. The van der Waals surface area contributed by atoms with Crippen LogP contribution in [0.2, 0.25) is 0 Å². The van der Waals surface area contributed by atoms with E-state index < -0.39 is 10.0 Å². The summed E-state index contributed by atoms with van der Waals surface area (Å²) in [6.07, 6.45) is 1.81. The molecule has 3 aromatic rings. The van der Waals surface area contributed by atoms with Crippen LogP contribution in [-0.2, 0) is 21.4 Å². The minimum Gasteiger partial charge on any atom is -0.493 e. The summed E-state index contributed by atoms with van der Waals surface area (Å²) in [5.41, 5.74) is 2.89. The van der Waals surface area contributed by atoms with Gasteiger partial charge in [-0.15, -0.1) is 0 Å². The zero-order valence-corrected chi connectivity index (χ0v) is 24.3. The van der Waals surface area contributed by atoms with E-state index in [1.165, 1.54) is 37.5 Å². The van der Waals surface area contributed by atoms with Gasteiger partial charge >= 0.3 is 0 Å². The molecule has 0 bridgehead atoms. The van der Waals surface area contributed by atoms with Gasteiger partial charge in [-0.3, -0.25) is 9.69 Å². The summed E-state index contributed by atoms with van der Waals surface area (Å²) in [6.45, 7) is 6.52. The number of benzene rings is 2. The maximum absolute atomic E-state index is 12.4. The molecular formula is C25H32IN5O5S. The zero-order valence-electron chi connectivity index (χ0n) is 21.4. The van der Waals surface area contributed by atoms with E-state index in [9.17, 15) is 13.2 Å². The van der Waals surface area contributed by atoms with Crippen molar-refractivity contribution in [3.05, 3.63) is 39.5 Å². The van der Waals surface area contributed by atoms with E-state index in [2.05, 4.69) is 43.1 Å². The van der Waals surface area contributed by atoms with E-state index in [4.69, 9.17) is 9.15 Å². The van der Waals surface area contributed by atoms with Crippen LogP contribution in [0.5, 0.6) is 5.75 Å². The summed E-state index contributed by atoms with van der Waals surface area (Å²) in [5.74, 6) is 0.664. The molecule has 0 atom stereocenters. The van der Waals surface area contributed by atoms with Gasteiger partial charge in [0, 0.05) is 46.7 Å². The monoisotopic (exact) mass is 641 g/mol. The molecule has 1 aliphatic rings. The Morgan fingerprint density at radius 3 is 2.62 bits per heavy atom. The van der Waals surface area contributed by atoms with Crippen LogP contribution in [0.15, 0.2) is 39.6 Å². The van der Waals surface area contributed by atoms with Gasteiger partial charge in [-0.05, 0) is 78.3 Å². The molecule has 2 aromatic carbocycles. The smallest absolute Gasteiger partial charge is 0.295 e. The standard InChI is InChI=1S/C25H32IN5O5S/c1-5-35-23-13-17(12-21(24(23)26)27-16(2)32)15-31-10-8-18(9-11-31)28-25-29-20-14-19(6-7-22(20)36-25)37(33,34)30(3)4/h6-7,12-14,18H,5,8-11,15H2,1-4H3,(H,27,32)(H,28,29). The quantitative estimate of drug-likeness (QED) is 0.336. The van der Waals surface area contributed by atoms with Gasteiger partial charge in [-0.2, -0.15) is 4.98 Å². The highest BCUT2D eigenvalue weighted by Crippen LogP contribution is 2.32. The number of carbonyl (C=O) groups excluding carboxylic acids is 1. The second-order valence-corrected chi connectivity index (χ2v) is 12.4. The number of hydrogen-bond donors (Lipinski definition) is 2. The number of nitrogens with zero attached hydrogens (tertiary/aromatic N) is 3. The molecule has 0 unspecified atom stereocenters. The molecule has 10 nitrogen and oxygen atoms in total. The van der Waals surface area contributed by atoms with E-state index in [1.54, 1.807) is 6.07 Å². The van der Waals surface area contributed by atoms with Crippen LogP contribution < -0.4 is 15.4 Å². The first kappa shape index (κ1) is 27.6. The third-order valence-corrected chi connectivity index (χ3v) is 9.09. The van der Waals surface area contributed by atoms with Crippen LogP contribution >= 0.6 is 22.6 Å². The molecule has 1 aliphatic heterocycles. The summed E-state index contributed by atoms with van der Waals surface area (Å²) in [7, 11) is -0.539. The number of rotatable bonds is 9. The molecular weight excluding hydrogens is 609 g/mol. The van der Waals surface area contributed by atoms with Crippen LogP contribution in [0.1, 0.15) is 32.3 Å². The summed E-state index contributed by atoms with van der Waals surface area (Å²) in [6, 6.07) is 9.35. The number of hydrogen-bond acceptors (Lipinski definition) is 8. The Kier molecular flexibility index (Phi) is 8.61. The minimum absolute atomic E-state index is 0.112. The molecule has 4 rings (SSSR count). The molecule has 1 aromatic heterocycles. The fourth-order valence-electron chi connectivity index (χ4n) is 4.30. The topological polar surface area (TPSA) is 117 Å². The summed E-state index contributed by atoms with van der Waals surface area (Å²) in [4.78, 5) is 18.7. The first-order chi connectivity index (χ1) is 17.6. The van der Waals surface area contributed by atoms with Crippen molar-refractivity contribution in [2.45, 2.75) is 44.2 Å². The van der Waals surface area contributed by atoms with E-state index in [-0.39, 0.29) is 16.8 Å². The van der Waals surface area contributed by atoms with Crippen LogP contribution in [0.3, 0.4) is 0 Å². The van der Waals surface area contributed by atoms with Crippen molar-refractivity contribution < 1.29 is 22.4 Å². The third-order valence-electron chi connectivity index (χ3n) is 6.17. The average Bonchev–Trinajstić information content (AvgIpc) is 3.24. The Morgan fingerprint density at radius 1 is 1.24 bits per heavy atom. The van der Waals surface area contributed by atoms with Gasteiger partial charge in [-0.25, -0.2) is 12.7 Å². The molecule has 2 N–H and O–H groups in total. The number of oxazole rings is 1. The minimum atomic E-state index is -3.54. The van der Waals surface area contributed by atoms with Crippen molar-refractivity contribution in [2.75, 3.05) is 44.4 Å². The van der Waals surface area contributed by atoms with Gasteiger partial charge in [0.2, 0.25) is 15.9 Å². The van der Waals surface area contributed by atoms with E-state index >= 15 is 0 Å². The molecule has 37 heavy (non-hydrogen) atoms. The Hall–Kier alpha value is -2.42. The number of carbonyl (C=O) groups is 1. The van der Waals surface area contributed by atoms with Crippen molar-refractivity contribution in [1.29, 1.82) is 0 Å². The van der Waals surface area contributed by atoms with Gasteiger partial charge < -0.3 is 19.8 Å². The van der Waals surface area contributed by atoms with Crippen LogP contribution in [0.25, 0.3) is 11.1 Å². The Balaban J connectivity index is 1.39. The van der Waals surface area contributed by atoms with Crippen LogP contribution in [0, 0.1) is 3.57 Å². The number of fused-ring (bicyclic) bond motifs is 1. The first-order valence-corrected chi connectivity index (χ1v) is 14.6. The predicted octanol–water partition coefficient (Wildman–Crippen LogP) is 4.12. The number of amides is 1. The van der Waals surface area contributed by atoms with Crippen molar-refractivity contribution >= 4 is 61.3 Å². The highest BCUT2D eigenvalue weighted by Gasteiger charge is 2.23. The van der Waals surface area contributed by atoms with Gasteiger partial charge in [0.1, 0.15) is 11.3 Å². The fraction of sp³-hybridized carbons (Fsp3) is 0.440. The molecule has 1 fully saturated rings. The fourth-order valence-corrected chi connectivity index (χ4v) is 5.82. The number of likely N-dealkylation sites (tertiary alicyclic amines) is 1. The Labute approximate surface area is 230 Å². The molecule has 0 aliphatic carbocycles. The lowest BCUT2D eigenvalue weighted by Gasteiger charge is -2.32. The van der Waals surface area contributed by atoms with Crippen molar-refractivity contribution in [1.82, 2.24) is 14.2 Å². The maximum atomic E-state index is 12.4. The van der Waals surface area contributed by atoms with E-state index in [1.807, 2.05) is 19.1 Å². The largest absolute Gasteiger partial charge is 0.493 e. The Bertz CT molecular complexity index is 1380. The number of halogens is 1. The van der Waals surface area contributed by atoms with E-state index in [0.717, 1.165) is 53.0 Å². The number of piperidine rings is 1. The second-order valence-electron chi connectivity index (χ2n) is 9.20. The lowest BCUT2D eigenvalue weighted by atomic mass is 10.0. The SMILES string of the molecule is CCOc1cc(CN2CCC(Nc3nc4cc(S(=O)(=O)N(C)C)ccc4o3)CC2)cc(NC(C)=O)c1I. The molecule has 0 radical (unpaired) electrons. The van der Waals surface area contributed by atoms with Crippen LogP contribution in [0.4, 0.5) is 11.7 Å². The zero-order chi connectivity index (χ0) is 26.7. The summed E-state index contributed by atoms with van der Waals surface area (Å²) >= 11 is 2.20. The van der Waals surface area contributed by atoms with Crippen molar-refractivity contribution in [2.24, 2.45) is 0 Å². The highest BCUT2D eigenvalue weighted by atomic mass is 127. The van der Waals surface area contributed by atoms with Crippen LogP contribution in [-0.4, -0.2) is 68.3 Å². The number of nitrogens with one attached hydrogen (secondary N) is 2. The molecule has 12 heteroatoms. The maximum Gasteiger partial charge on any atom is 0.295 e. The summed E-state index contributed by atoms with van der Waals surface area (Å²) in [5, 5.41) is 6.27. The van der Waals surface area contributed by atoms with Gasteiger partial charge in [0.05, 0.1) is 20.8 Å². The molecule has 0 saturated carbocycles. The second kappa shape index (κ2) is 11.5. The normalized spacial score (nSPS) is 15.3. The predicted molar refractivity (Wildman–Crippen MR) is 151 cm³/mol. The molecule has 2 heterocycles. The third kappa shape index (κ3) is 6.54. The lowest BCUT2D eigenvalue weighted by Crippen LogP contribution is -2.38. The number of sulfonamides is 1. The number of ether oxygens (including phenoxy) is 1. The van der Waals surface area contributed by atoms with Gasteiger partial charge in [-0.1, -0.05) is 0 Å². The molecule has 1 amide bonds. The Morgan fingerprint density at radius 2 is 1.97 bits per heavy atom. The molecule has 0 spiro atoms. The lowest BCUT2D eigenvalue weighted by molar-refractivity contribution is -0.114. The average molecular weight is 642 g/mol. The van der Waals surface area contributed by atoms with Crippen molar-refractivity contribution in [3.63, 3.8) is 0 Å².